The normalized spacial score (nSPS) is 11.5. The summed E-state index contributed by atoms with van der Waals surface area (Å²) in [5.41, 5.74) is 14.1. The first-order valence-electron chi connectivity index (χ1n) is 19.2. The minimum Gasteiger partial charge on any atom is -0.455 e. The van der Waals surface area contributed by atoms with Crippen LogP contribution in [-0.4, -0.2) is 4.98 Å². The molecule has 0 N–H and O–H groups in total. The number of benzene rings is 9. The van der Waals surface area contributed by atoms with Crippen molar-refractivity contribution in [1.82, 2.24) is 4.98 Å². The Bertz CT molecular complexity index is 3200. The van der Waals surface area contributed by atoms with Crippen LogP contribution >= 0.6 is 0 Å². The maximum Gasteiger partial charge on any atom is 0.227 e. The van der Waals surface area contributed by atoms with E-state index in [1.807, 2.05) is 36.4 Å². The van der Waals surface area contributed by atoms with Gasteiger partial charge in [0.2, 0.25) is 5.89 Å². The third kappa shape index (κ3) is 5.83. The van der Waals surface area contributed by atoms with Crippen LogP contribution in [0.5, 0.6) is 0 Å². The summed E-state index contributed by atoms with van der Waals surface area (Å²) in [5.74, 6) is 0.619. The Morgan fingerprint density at radius 3 is 1.63 bits per heavy atom. The largest absolute Gasteiger partial charge is 0.455 e. The van der Waals surface area contributed by atoms with Gasteiger partial charge in [-0.2, -0.15) is 0 Å². The fraction of sp³-hybridized carbons (Fsp3) is 0. The molecule has 0 amide bonds. The third-order valence-corrected chi connectivity index (χ3v) is 10.9. The molecule has 9 aromatic carbocycles. The van der Waals surface area contributed by atoms with Gasteiger partial charge in [-0.15, -0.1) is 0 Å². The Kier molecular flexibility index (Phi) is 7.78. The molecule has 0 atom stereocenters. The van der Waals surface area contributed by atoms with E-state index >= 15 is 0 Å². The first-order valence-corrected chi connectivity index (χ1v) is 19.2. The number of aromatic nitrogens is 1. The van der Waals surface area contributed by atoms with Gasteiger partial charge in [-0.3, -0.25) is 0 Å². The fourth-order valence-electron chi connectivity index (χ4n) is 8.08. The SMILES string of the molecule is c1ccc(-c2ccc(N(c3ccccc3)c3ccc(-c4cc5ccccc5c5c4oc4cc(-c6ccc7nc(-c8ccccc8)oc7c6)ccc45)cc3)cc2)cc1. The smallest absolute Gasteiger partial charge is 0.227 e. The van der Waals surface area contributed by atoms with Gasteiger partial charge in [0.05, 0.1) is 0 Å². The molecule has 11 rings (SSSR count). The van der Waals surface area contributed by atoms with Crippen LogP contribution in [0.15, 0.2) is 215 Å². The lowest BCUT2D eigenvalue weighted by Crippen LogP contribution is -2.09. The minimum atomic E-state index is 0.619. The first-order chi connectivity index (χ1) is 28.2. The molecule has 0 fully saturated rings. The van der Waals surface area contributed by atoms with E-state index in [9.17, 15) is 0 Å². The van der Waals surface area contributed by atoms with Crippen LogP contribution in [0, 0.1) is 0 Å². The second-order valence-electron chi connectivity index (χ2n) is 14.4. The van der Waals surface area contributed by atoms with Gasteiger partial charge in [-0.25, -0.2) is 4.98 Å². The summed E-state index contributed by atoms with van der Waals surface area (Å²) >= 11 is 0. The van der Waals surface area contributed by atoms with E-state index in [0.717, 1.165) is 77.9 Å². The number of anilines is 3. The molecule has 2 heterocycles. The summed E-state index contributed by atoms with van der Waals surface area (Å²) in [6.45, 7) is 0. The molecule has 0 aliphatic rings. The van der Waals surface area contributed by atoms with Crippen molar-refractivity contribution in [3.8, 4) is 44.8 Å². The van der Waals surface area contributed by atoms with Crippen molar-refractivity contribution < 1.29 is 8.83 Å². The Hall–Kier alpha value is -7.69. The zero-order chi connectivity index (χ0) is 37.7. The molecular formula is C53H34N2O2. The van der Waals surface area contributed by atoms with E-state index in [2.05, 4.69) is 175 Å². The van der Waals surface area contributed by atoms with Gasteiger partial charge in [0.1, 0.15) is 16.7 Å². The standard InChI is InChI=1S/C53H34N2O2/c1-4-12-35(13-5-1)36-20-26-43(27-21-36)55(42-17-8-3-9-18-42)44-28-22-37(23-29-44)47-32-41-16-10-11-19-45(41)51-46-30-24-39(33-49(46)56-52(47)51)40-25-31-48-50(34-40)57-53(54-48)38-14-6-2-7-15-38/h1-34H. The Labute approximate surface area is 329 Å². The molecule has 0 saturated heterocycles. The number of para-hydroxylation sites is 1. The van der Waals surface area contributed by atoms with E-state index in [1.54, 1.807) is 0 Å². The van der Waals surface area contributed by atoms with Crippen molar-refractivity contribution >= 4 is 60.9 Å². The highest BCUT2D eigenvalue weighted by molar-refractivity contribution is 6.22. The maximum atomic E-state index is 6.88. The second kappa shape index (κ2) is 13.6. The summed E-state index contributed by atoms with van der Waals surface area (Å²) < 4.78 is 13.1. The van der Waals surface area contributed by atoms with Crippen LogP contribution in [0.3, 0.4) is 0 Å². The van der Waals surface area contributed by atoms with Crippen LogP contribution in [0.4, 0.5) is 17.1 Å². The Morgan fingerprint density at radius 1 is 0.368 bits per heavy atom. The quantitative estimate of drug-likeness (QED) is 0.164. The monoisotopic (exact) mass is 730 g/mol. The van der Waals surface area contributed by atoms with E-state index < -0.39 is 0 Å². The molecule has 0 saturated carbocycles. The molecule has 0 spiro atoms. The van der Waals surface area contributed by atoms with Gasteiger partial charge < -0.3 is 13.7 Å². The van der Waals surface area contributed by atoms with Gasteiger partial charge in [0.25, 0.3) is 0 Å². The lowest BCUT2D eigenvalue weighted by atomic mass is 9.95. The minimum absolute atomic E-state index is 0.619. The highest BCUT2D eigenvalue weighted by atomic mass is 16.3. The van der Waals surface area contributed by atoms with Crippen LogP contribution in [0.1, 0.15) is 0 Å². The number of hydrogen-bond acceptors (Lipinski definition) is 4. The van der Waals surface area contributed by atoms with Crippen molar-refractivity contribution in [2.24, 2.45) is 0 Å². The molecule has 0 aliphatic carbocycles. The van der Waals surface area contributed by atoms with E-state index in [0.29, 0.717) is 5.89 Å². The van der Waals surface area contributed by atoms with Gasteiger partial charge in [0.15, 0.2) is 5.58 Å². The molecule has 57 heavy (non-hydrogen) atoms. The highest BCUT2D eigenvalue weighted by Crippen LogP contribution is 2.43. The van der Waals surface area contributed by atoms with Gasteiger partial charge >= 0.3 is 0 Å². The molecule has 268 valence electrons. The predicted molar refractivity (Wildman–Crippen MR) is 235 cm³/mol. The summed E-state index contributed by atoms with van der Waals surface area (Å²) in [6, 6.07) is 72.2. The first kappa shape index (κ1) is 32.7. The molecular weight excluding hydrogens is 697 g/mol. The van der Waals surface area contributed by atoms with Crippen molar-refractivity contribution in [3.05, 3.63) is 206 Å². The van der Waals surface area contributed by atoms with Gasteiger partial charge in [-0.1, -0.05) is 127 Å². The van der Waals surface area contributed by atoms with Gasteiger partial charge in [0, 0.05) is 39.0 Å². The molecule has 0 bridgehead atoms. The summed E-state index contributed by atoms with van der Waals surface area (Å²) in [4.78, 5) is 7.04. The zero-order valence-corrected chi connectivity index (χ0v) is 30.8. The second-order valence-corrected chi connectivity index (χ2v) is 14.4. The number of rotatable bonds is 7. The van der Waals surface area contributed by atoms with Crippen molar-refractivity contribution in [2.75, 3.05) is 4.90 Å². The zero-order valence-electron chi connectivity index (χ0n) is 30.8. The Balaban J connectivity index is 0.990. The van der Waals surface area contributed by atoms with Crippen LogP contribution in [-0.2, 0) is 0 Å². The highest BCUT2D eigenvalue weighted by Gasteiger charge is 2.19. The van der Waals surface area contributed by atoms with Crippen molar-refractivity contribution in [1.29, 1.82) is 0 Å². The van der Waals surface area contributed by atoms with Crippen LogP contribution in [0.2, 0.25) is 0 Å². The van der Waals surface area contributed by atoms with E-state index in [-0.39, 0.29) is 0 Å². The third-order valence-electron chi connectivity index (χ3n) is 10.9. The lowest BCUT2D eigenvalue weighted by Gasteiger charge is -2.26. The molecule has 4 nitrogen and oxygen atoms in total. The topological polar surface area (TPSA) is 42.4 Å². The molecule has 2 aromatic heterocycles. The number of fused-ring (bicyclic) bond motifs is 6. The number of hydrogen-bond donors (Lipinski definition) is 0. The molecule has 11 aromatic rings. The van der Waals surface area contributed by atoms with Crippen molar-refractivity contribution in [3.63, 3.8) is 0 Å². The summed E-state index contributed by atoms with van der Waals surface area (Å²) in [5, 5.41) is 4.55. The van der Waals surface area contributed by atoms with E-state index in [4.69, 9.17) is 13.8 Å². The van der Waals surface area contributed by atoms with Crippen LogP contribution in [0.25, 0.3) is 88.6 Å². The number of nitrogens with zero attached hydrogens (tertiary/aromatic N) is 2. The molecule has 0 aliphatic heterocycles. The summed E-state index contributed by atoms with van der Waals surface area (Å²) in [6.07, 6.45) is 0. The van der Waals surface area contributed by atoms with Gasteiger partial charge in [-0.05, 0) is 117 Å². The fourth-order valence-corrected chi connectivity index (χ4v) is 8.08. The molecule has 0 unspecified atom stereocenters. The van der Waals surface area contributed by atoms with Crippen LogP contribution < -0.4 is 4.90 Å². The molecule has 4 heteroatoms. The van der Waals surface area contributed by atoms with E-state index in [1.165, 1.54) is 21.9 Å². The molecule has 0 radical (unpaired) electrons. The average molecular weight is 731 g/mol. The lowest BCUT2D eigenvalue weighted by molar-refractivity contribution is 0.620. The Morgan fingerprint density at radius 2 is 0.912 bits per heavy atom. The predicted octanol–water partition coefficient (Wildman–Crippen LogP) is 15.0. The number of oxazole rings is 1. The number of furan rings is 1. The summed E-state index contributed by atoms with van der Waals surface area (Å²) in [7, 11) is 0. The average Bonchev–Trinajstić information content (AvgIpc) is 3.90. The van der Waals surface area contributed by atoms with Crippen molar-refractivity contribution in [2.45, 2.75) is 0 Å². The maximum absolute atomic E-state index is 6.88.